The first-order valence-corrected chi connectivity index (χ1v) is 11.8. The highest BCUT2D eigenvalue weighted by molar-refractivity contribution is 7.97. The minimum absolute atomic E-state index is 0.0504. The lowest BCUT2D eigenvalue weighted by molar-refractivity contribution is -0.133. The van der Waals surface area contributed by atoms with Crippen molar-refractivity contribution in [1.29, 1.82) is 0 Å². The summed E-state index contributed by atoms with van der Waals surface area (Å²) in [7, 11) is 0. The van der Waals surface area contributed by atoms with Gasteiger partial charge in [-0.2, -0.15) is 0 Å². The Labute approximate surface area is 182 Å². The van der Waals surface area contributed by atoms with E-state index in [2.05, 4.69) is 17.0 Å². The summed E-state index contributed by atoms with van der Waals surface area (Å²) in [6.07, 6.45) is 5.33. The van der Waals surface area contributed by atoms with Crippen LogP contribution in [0.5, 0.6) is 5.75 Å². The van der Waals surface area contributed by atoms with Crippen LogP contribution in [0.2, 0.25) is 0 Å². The minimum atomic E-state index is -0.555. The molecule has 4 rings (SSSR count). The molecule has 0 heterocycles. The third kappa shape index (κ3) is 3.94. The molecule has 0 aliphatic heterocycles. The summed E-state index contributed by atoms with van der Waals surface area (Å²) in [5, 5.41) is 13.3. The molecule has 3 aliphatic carbocycles. The first kappa shape index (κ1) is 21.5. The lowest BCUT2D eigenvalue weighted by atomic mass is 9.57. The smallest absolute Gasteiger partial charge is 0.241 e. The van der Waals surface area contributed by atoms with E-state index in [9.17, 15) is 14.7 Å². The fourth-order valence-corrected chi connectivity index (χ4v) is 6.61. The van der Waals surface area contributed by atoms with E-state index in [0.717, 1.165) is 49.0 Å². The molecular formula is C23H33N3O3S. The van der Waals surface area contributed by atoms with Crippen LogP contribution < -0.4 is 15.8 Å². The Kier molecular flexibility index (Phi) is 5.56. The first-order valence-electron chi connectivity index (χ1n) is 11.0. The monoisotopic (exact) mass is 431 g/mol. The first-order chi connectivity index (χ1) is 14.1. The van der Waals surface area contributed by atoms with Crippen LogP contribution in [0.4, 0.5) is 0 Å². The minimum Gasteiger partial charge on any atom is -0.508 e. The SMILES string of the molecule is Cc1c(O)cccc1SNC1(C(=O)NC2C(C)CC3CC2CC(C)(C(N)=O)C3)CC1. The third-order valence-electron chi connectivity index (χ3n) is 7.60. The van der Waals surface area contributed by atoms with Gasteiger partial charge in [-0.25, -0.2) is 4.72 Å². The molecule has 1 aromatic rings. The number of carbonyl (C=O) groups excluding carboxylic acids is 2. The van der Waals surface area contributed by atoms with Gasteiger partial charge in [-0.05, 0) is 87.3 Å². The molecule has 30 heavy (non-hydrogen) atoms. The van der Waals surface area contributed by atoms with Gasteiger partial charge in [-0.3, -0.25) is 9.59 Å². The number of hydrogen-bond donors (Lipinski definition) is 4. The molecule has 1 aromatic carbocycles. The van der Waals surface area contributed by atoms with Crippen molar-refractivity contribution >= 4 is 23.8 Å². The number of aromatic hydroxyl groups is 1. The molecule has 3 aliphatic rings. The number of hydrogen-bond acceptors (Lipinski definition) is 5. The van der Waals surface area contributed by atoms with Crippen LogP contribution in [0.3, 0.4) is 0 Å². The van der Waals surface area contributed by atoms with Crippen molar-refractivity contribution in [2.45, 2.75) is 75.8 Å². The summed E-state index contributed by atoms with van der Waals surface area (Å²) in [6.45, 7) is 6.08. The number of fused-ring (bicyclic) bond motifs is 2. The fourth-order valence-electron chi connectivity index (χ4n) is 5.60. The maximum atomic E-state index is 13.2. The second kappa shape index (κ2) is 7.75. The Morgan fingerprint density at radius 1 is 1.23 bits per heavy atom. The Hall–Kier alpha value is -1.73. The lowest BCUT2D eigenvalue weighted by Gasteiger charge is -2.50. The summed E-state index contributed by atoms with van der Waals surface area (Å²) >= 11 is 1.41. The topological polar surface area (TPSA) is 104 Å². The van der Waals surface area contributed by atoms with Gasteiger partial charge in [-0.15, -0.1) is 0 Å². The lowest BCUT2D eigenvalue weighted by Crippen LogP contribution is -2.57. The van der Waals surface area contributed by atoms with E-state index in [1.54, 1.807) is 6.07 Å². The van der Waals surface area contributed by atoms with Gasteiger partial charge in [0.05, 0.1) is 0 Å². The molecule has 164 valence electrons. The van der Waals surface area contributed by atoms with Gasteiger partial charge >= 0.3 is 0 Å². The fraction of sp³-hybridized carbons (Fsp3) is 0.652. The van der Waals surface area contributed by atoms with Crippen LogP contribution >= 0.6 is 11.9 Å². The van der Waals surface area contributed by atoms with E-state index >= 15 is 0 Å². The van der Waals surface area contributed by atoms with E-state index in [-0.39, 0.29) is 23.6 Å². The maximum Gasteiger partial charge on any atom is 0.241 e. The van der Waals surface area contributed by atoms with Crippen LogP contribution in [0, 0.1) is 30.1 Å². The van der Waals surface area contributed by atoms with Crippen molar-refractivity contribution < 1.29 is 14.7 Å². The standard InChI is InChI=1S/C23H33N3O3S/c1-13-9-15-10-16(12-22(3,11-15)20(24)28)19(13)25-21(29)23(7-8-23)26-30-18-6-4-5-17(27)14(18)2/h4-6,13,15-16,19,26-27H,7-12H2,1-3H3,(H2,24,28)(H,25,29). The van der Waals surface area contributed by atoms with Crippen LogP contribution in [-0.2, 0) is 9.59 Å². The number of benzene rings is 1. The van der Waals surface area contributed by atoms with Gasteiger partial charge < -0.3 is 16.2 Å². The zero-order chi connectivity index (χ0) is 21.7. The number of rotatable bonds is 6. The van der Waals surface area contributed by atoms with E-state index in [1.165, 1.54) is 11.9 Å². The normalized spacial score (nSPS) is 34.2. The molecule has 0 aromatic heterocycles. The second-order valence-electron chi connectivity index (χ2n) is 10.1. The van der Waals surface area contributed by atoms with Gasteiger partial charge in [0.1, 0.15) is 11.3 Å². The quantitative estimate of drug-likeness (QED) is 0.518. The Morgan fingerprint density at radius 2 is 1.97 bits per heavy atom. The number of phenolic OH excluding ortho intramolecular Hbond substituents is 1. The molecule has 5 unspecified atom stereocenters. The van der Waals surface area contributed by atoms with Crippen LogP contribution in [0.1, 0.15) is 57.9 Å². The molecule has 2 amide bonds. The second-order valence-corrected chi connectivity index (χ2v) is 10.9. The highest BCUT2D eigenvalue weighted by atomic mass is 32.2. The largest absolute Gasteiger partial charge is 0.508 e. The van der Waals surface area contributed by atoms with Gasteiger partial charge in [0, 0.05) is 21.9 Å². The van der Waals surface area contributed by atoms with E-state index in [1.807, 2.05) is 26.0 Å². The predicted octanol–water partition coefficient (Wildman–Crippen LogP) is 3.26. The van der Waals surface area contributed by atoms with Crippen LogP contribution in [0.25, 0.3) is 0 Å². The Bertz CT molecular complexity index is 854. The van der Waals surface area contributed by atoms with Crippen molar-refractivity contribution in [3.05, 3.63) is 23.8 Å². The molecular weight excluding hydrogens is 398 g/mol. The Balaban J connectivity index is 1.42. The molecule has 5 N–H and O–H groups in total. The van der Waals surface area contributed by atoms with Crippen molar-refractivity contribution in [2.75, 3.05) is 0 Å². The van der Waals surface area contributed by atoms with E-state index < -0.39 is 11.0 Å². The number of nitrogens with one attached hydrogen (secondary N) is 2. The molecule has 3 fully saturated rings. The van der Waals surface area contributed by atoms with E-state index in [4.69, 9.17) is 5.73 Å². The van der Waals surface area contributed by atoms with Gasteiger partial charge in [0.2, 0.25) is 11.8 Å². The molecule has 6 nitrogen and oxygen atoms in total. The average Bonchev–Trinajstić information content (AvgIpc) is 3.47. The van der Waals surface area contributed by atoms with E-state index in [0.29, 0.717) is 17.8 Å². The zero-order valence-corrected chi connectivity index (χ0v) is 18.8. The van der Waals surface area contributed by atoms with Crippen LogP contribution in [-0.4, -0.2) is 28.5 Å². The number of nitrogens with two attached hydrogens (primary N) is 1. The van der Waals surface area contributed by atoms with Gasteiger partial charge in [-0.1, -0.05) is 19.9 Å². The molecule has 2 bridgehead atoms. The Morgan fingerprint density at radius 3 is 2.63 bits per heavy atom. The summed E-state index contributed by atoms with van der Waals surface area (Å²) in [6, 6.07) is 5.50. The number of primary amides is 1. The molecule has 0 spiro atoms. The molecule has 0 saturated heterocycles. The predicted molar refractivity (Wildman–Crippen MR) is 118 cm³/mol. The van der Waals surface area contributed by atoms with Gasteiger partial charge in [0.15, 0.2) is 0 Å². The van der Waals surface area contributed by atoms with Crippen molar-refractivity contribution in [3.63, 3.8) is 0 Å². The summed E-state index contributed by atoms with van der Waals surface area (Å²) in [4.78, 5) is 26.2. The number of carbonyl (C=O) groups is 2. The highest BCUT2D eigenvalue weighted by Gasteiger charge is 2.53. The number of amides is 2. The average molecular weight is 432 g/mol. The summed E-state index contributed by atoms with van der Waals surface area (Å²) in [5.41, 5.74) is 5.52. The van der Waals surface area contributed by atoms with Crippen molar-refractivity contribution in [3.8, 4) is 5.75 Å². The maximum absolute atomic E-state index is 13.2. The summed E-state index contributed by atoms with van der Waals surface area (Å²) in [5.74, 6) is 1.31. The molecule has 7 heteroatoms. The molecule has 3 saturated carbocycles. The third-order valence-corrected chi connectivity index (χ3v) is 8.76. The highest BCUT2D eigenvalue weighted by Crippen LogP contribution is 2.50. The molecule has 0 radical (unpaired) electrons. The van der Waals surface area contributed by atoms with Gasteiger partial charge in [0.25, 0.3) is 0 Å². The summed E-state index contributed by atoms with van der Waals surface area (Å²) < 4.78 is 3.37. The zero-order valence-electron chi connectivity index (χ0n) is 18.0. The van der Waals surface area contributed by atoms with Crippen molar-refractivity contribution in [2.24, 2.45) is 28.9 Å². The molecule has 5 atom stereocenters. The van der Waals surface area contributed by atoms with Crippen molar-refractivity contribution in [1.82, 2.24) is 10.0 Å². The van der Waals surface area contributed by atoms with Crippen LogP contribution in [0.15, 0.2) is 23.1 Å². The number of phenols is 1.